The molecule has 200 valence electrons. The Hall–Kier alpha value is -2.91. The fraction of sp³-hybridized carbons (Fsp3) is 0.457. The molecule has 3 heteroatoms. The molecule has 0 aromatic heterocycles. The number of amidine groups is 1. The van der Waals surface area contributed by atoms with E-state index in [9.17, 15) is 0 Å². The first-order valence-corrected chi connectivity index (χ1v) is 14.9. The van der Waals surface area contributed by atoms with Crippen molar-refractivity contribution in [1.29, 1.82) is 0 Å². The van der Waals surface area contributed by atoms with Gasteiger partial charge in [-0.1, -0.05) is 92.6 Å². The first-order chi connectivity index (χ1) is 18.5. The van der Waals surface area contributed by atoms with Crippen LogP contribution in [-0.4, -0.2) is 41.3 Å². The van der Waals surface area contributed by atoms with Crippen LogP contribution in [0.1, 0.15) is 91.1 Å². The molecule has 3 atom stereocenters. The zero-order chi connectivity index (χ0) is 26.6. The number of nitrogens with zero attached hydrogens (tertiary/aromatic N) is 3. The third-order valence-corrected chi connectivity index (χ3v) is 8.83. The van der Waals surface area contributed by atoms with Crippen molar-refractivity contribution in [2.75, 3.05) is 19.6 Å². The molecule has 2 heterocycles. The van der Waals surface area contributed by atoms with Gasteiger partial charge in [-0.3, -0.25) is 9.89 Å². The molecule has 2 aliphatic rings. The highest BCUT2D eigenvalue weighted by Crippen LogP contribution is 2.39. The smallest absolute Gasteiger partial charge is 0.132 e. The molecule has 0 amide bonds. The van der Waals surface area contributed by atoms with Gasteiger partial charge in [0, 0.05) is 24.7 Å². The predicted molar refractivity (Wildman–Crippen MR) is 161 cm³/mol. The van der Waals surface area contributed by atoms with Crippen molar-refractivity contribution in [2.45, 2.75) is 84.8 Å². The minimum Gasteiger partial charge on any atom is -0.350 e. The summed E-state index contributed by atoms with van der Waals surface area (Å²) in [7, 11) is 0. The molecule has 1 fully saturated rings. The van der Waals surface area contributed by atoms with Crippen LogP contribution in [0.3, 0.4) is 0 Å². The number of likely N-dealkylation sites (N-methyl/N-ethyl adjacent to an activating group) is 1. The summed E-state index contributed by atoms with van der Waals surface area (Å²) in [5.74, 6) is 1.21. The summed E-state index contributed by atoms with van der Waals surface area (Å²) in [6, 6.07) is 25.9. The van der Waals surface area contributed by atoms with Gasteiger partial charge in [-0.15, -0.1) is 0 Å². The van der Waals surface area contributed by atoms with Crippen LogP contribution in [-0.2, 0) is 12.8 Å². The molecule has 0 bridgehead atoms. The van der Waals surface area contributed by atoms with Gasteiger partial charge in [0.25, 0.3) is 0 Å². The molecule has 1 saturated heterocycles. The Labute approximate surface area is 230 Å². The van der Waals surface area contributed by atoms with E-state index in [2.05, 4.69) is 111 Å². The van der Waals surface area contributed by atoms with E-state index in [-0.39, 0.29) is 6.04 Å². The first-order valence-electron chi connectivity index (χ1n) is 14.9. The zero-order valence-electron chi connectivity index (χ0n) is 24.1. The molecule has 2 aliphatic heterocycles. The minimum atomic E-state index is 0.137. The largest absolute Gasteiger partial charge is 0.350 e. The van der Waals surface area contributed by atoms with Crippen LogP contribution < -0.4 is 0 Å². The standard InChI is InChI=1S/C35H45N3/c1-6-27-17-14-18-28(7-2)33(27)35-36-34(30-23-25(4)20-21-26(30)5)32(38(35)8-3)24-37-22-13-12-19-31(37)29-15-10-9-11-16-29/h9-11,14-18,20-21,23,31-32,34H,6-8,12-13,19,22,24H2,1-5H3. The number of aliphatic imine (C=N–C) groups is 1. The molecule has 0 saturated carbocycles. The minimum absolute atomic E-state index is 0.137. The van der Waals surface area contributed by atoms with Crippen molar-refractivity contribution in [3.05, 3.63) is 106 Å². The number of benzene rings is 3. The highest BCUT2D eigenvalue weighted by Gasteiger charge is 2.41. The molecule has 0 N–H and O–H groups in total. The van der Waals surface area contributed by atoms with Gasteiger partial charge in [-0.2, -0.15) is 0 Å². The average molecular weight is 508 g/mol. The fourth-order valence-electron chi connectivity index (χ4n) is 6.80. The Balaban J connectivity index is 1.60. The second kappa shape index (κ2) is 11.9. The van der Waals surface area contributed by atoms with E-state index in [1.807, 2.05) is 0 Å². The summed E-state index contributed by atoms with van der Waals surface area (Å²) in [6.45, 7) is 14.5. The topological polar surface area (TPSA) is 18.8 Å². The zero-order valence-corrected chi connectivity index (χ0v) is 24.1. The summed E-state index contributed by atoms with van der Waals surface area (Å²) in [5.41, 5.74) is 9.74. The lowest BCUT2D eigenvalue weighted by Gasteiger charge is -2.41. The summed E-state index contributed by atoms with van der Waals surface area (Å²) in [5, 5.41) is 0. The fourth-order valence-corrected chi connectivity index (χ4v) is 6.80. The molecule has 0 aliphatic carbocycles. The van der Waals surface area contributed by atoms with Crippen molar-refractivity contribution >= 4 is 5.84 Å². The van der Waals surface area contributed by atoms with Gasteiger partial charge in [-0.05, 0) is 80.8 Å². The van der Waals surface area contributed by atoms with E-state index in [1.54, 1.807) is 0 Å². The van der Waals surface area contributed by atoms with Crippen molar-refractivity contribution in [3.63, 3.8) is 0 Å². The summed E-state index contributed by atoms with van der Waals surface area (Å²) >= 11 is 0. The quantitative estimate of drug-likeness (QED) is 0.309. The van der Waals surface area contributed by atoms with Crippen molar-refractivity contribution < 1.29 is 0 Å². The van der Waals surface area contributed by atoms with E-state index in [0.717, 1.165) is 32.5 Å². The lowest BCUT2D eigenvalue weighted by molar-refractivity contribution is 0.110. The number of rotatable bonds is 8. The third kappa shape index (κ3) is 5.18. The molecule has 0 radical (unpaired) electrons. The predicted octanol–water partition coefficient (Wildman–Crippen LogP) is 7.85. The van der Waals surface area contributed by atoms with Crippen molar-refractivity contribution in [2.24, 2.45) is 4.99 Å². The average Bonchev–Trinajstić information content (AvgIpc) is 3.31. The normalized spacial score (nSPS) is 22.1. The Morgan fingerprint density at radius 2 is 1.58 bits per heavy atom. The Morgan fingerprint density at radius 3 is 2.26 bits per heavy atom. The molecule has 3 nitrogen and oxygen atoms in total. The molecule has 5 rings (SSSR count). The number of piperidine rings is 1. The van der Waals surface area contributed by atoms with Gasteiger partial charge in [0.05, 0.1) is 12.1 Å². The maximum Gasteiger partial charge on any atom is 0.132 e. The highest BCUT2D eigenvalue weighted by atomic mass is 15.3. The lowest BCUT2D eigenvalue weighted by atomic mass is 9.91. The second-order valence-electron chi connectivity index (χ2n) is 11.2. The SMILES string of the molecule is CCc1cccc(CC)c1C1=NC(c2cc(C)ccc2C)C(CN2CCCCC2c2ccccc2)N1CC. The van der Waals surface area contributed by atoms with Crippen LogP contribution in [0.2, 0.25) is 0 Å². The molecule has 3 aromatic carbocycles. The molecule has 0 spiro atoms. The second-order valence-corrected chi connectivity index (χ2v) is 11.2. The van der Waals surface area contributed by atoms with Gasteiger partial charge in [-0.25, -0.2) is 0 Å². The first kappa shape index (κ1) is 26.7. The summed E-state index contributed by atoms with van der Waals surface area (Å²) in [4.78, 5) is 11.1. The van der Waals surface area contributed by atoms with Gasteiger partial charge in [0.15, 0.2) is 0 Å². The Bertz CT molecular complexity index is 1240. The third-order valence-electron chi connectivity index (χ3n) is 8.83. The van der Waals surface area contributed by atoms with Crippen molar-refractivity contribution in [1.82, 2.24) is 9.80 Å². The van der Waals surface area contributed by atoms with Crippen LogP contribution >= 0.6 is 0 Å². The highest BCUT2D eigenvalue weighted by molar-refractivity contribution is 6.03. The lowest BCUT2D eigenvalue weighted by Crippen LogP contribution is -2.48. The van der Waals surface area contributed by atoms with Gasteiger partial charge in [0.2, 0.25) is 0 Å². The van der Waals surface area contributed by atoms with E-state index in [1.165, 1.54) is 64.0 Å². The Kier molecular flexibility index (Phi) is 8.33. The number of hydrogen-bond acceptors (Lipinski definition) is 3. The van der Waals surface area contributed by atoms with Crippen LogP contribution in [0, 0.1) is 13.8 Å². The van der Waals surface area contributed by atoms with Gasteiger partial charge in [0.1, 0.15) is 5.84 Å². The number of aryl methyl sites for hydroxylation is 4. The van der Waals surface area contributed by atoms with Gasteiger partial charge < -0.3 is 4.90 Å². The van der Waals surface area contributed by atoms with E-state index in [0.29, 0.717) is 12.1 Å². The summed E-state index contributed by atoms with van der Waals surface area (Å²) in [6.07, 6.45) is 5.89. The van der Waals surface area contributed by atoms with Gasteiger partial charge >= 0.3 is 0 Å². The monoisotopic (exact) mass is 507 g/mol. The number of likely N-dealkylation sites (tertiary alicyclic amines) is 1. The molecular weight excluding hydrogens is 462 g/mol. The molecule has 38 heavy (non-hydrogen) atoms. The summed E-state index contributed by atoms with van der Waals surface area (Å²) < 4.78 is 0. The molecular formula is C35H45N3. The molecule has 3 unspecified atom stereocenters. The van der Waals surface area contributed by atoms with E-state index in [4.69, 9.17) is 4.99 Å². The van der Waals surface area contributed by atoms with Crippen LogP contribution in [0.25, 0.3) is 0 Å². The van der Waals surface area contributed by atoms with E-state index >= 15 is 0 Å². The van der Waals surface area contributed by atoms with Crippen LogP contribution in [0.5, 0.6) is 0 Å². The van der Waals surface area contributed by atoms with Crippen LogP contribution in [0.4, 0.5) is 0 Å². The van der Waals surface area contributed by atoms with Crippen molar-refractivity contribution in [3.8, 4) is 0 Å². The van der Waals surface area contributed by atoms with E-state index < -0.39 is 0 Å². The molecule has 3 aromatic rings. The number of hydrogen-bond donors (Lipinski definition) is 0. The Morgan fingerprint density at radius 1 is 0.842 bits per heavy atom. The maximum atomic E-state index is 5.66. The van der Waals surface area contributed by atoms with Crippen LogP contribution in [0.15, 0.2) is 71.7 Å². The maximum absolute atomic E-state index is 5.66.